The molecule has 3 amide bonds. The smallest absolute Gasteiger partial charge is 0.368 e. The minimum atomic E-state index is -4.42. The van der Waals surface area contributed by atoms with Crippen molar-refractivity contribution in [3.05, 3.63) is 34.6 Å². The van der Waals surface area contributed by atoms with Crippen LogP contribution in [-0.4, -0.2) is 59.6 Å². The minimum absolute atomic E-state index is 0.115. The zero-order chi connectivity index (χ0) is 23.1. The van der Waals surface area contributed by atoms with Crippen LogP contribution in [0.15, 0.2) is 18.2 Å². The first kappa shape index (κ1) is 23.6. The van der Waals surface area contributed by atoms with Crippen LogP contribution >= 0.6 is 11.6 Å². The first-order valence-corrected chi connectivity index (χ1v) is 10.3. The molecule has 2 heterocycles. The van der Waals surface area contributed by atoms with E-state index < -0.39 is 48.1 Å². The Labute approximate surface area is 182 Å². The maximum Gasteiger partial charge on any atom is 0.401 e. The molecule has 3 rings (SSSR count). The van der Waals surface area contributed by atoms with Crippen molar-refractivity contribution in [2.75, 3.05) is 19.6 Å². The van der Waals surface area contributed by atoms with E-state index in [9.17, 15) is 27.2 Å². The van der Waals surface area contributed by atoms with Gasteiger partial charge in [0.15, 0.2) is 0 Å². The molecule has 6 nitrogen and oxygen atoms in total. The van der Waals surface area contributed by atoms with Gasteiger partial charge in [0.1, 0.15) is 11.9 Å². The molecule has 2 aliphatic rings. The Bertz CT molecular complexity index is 868. The number of amides is 3. The Balaban J connectivity index is 1.89. The third kappa shape index (κ3) is 5.06. The van der Waals surface area contributed by atoms with E-state index in [1.165, 1.54) is 21.9 Å². The molecule has 172 valence electrons. The van der Waals surface area contributed by atoms with E-state index in [1.54, 1.807) is 13.8 Å². The monoisotopic (exact) mass is 464 g/mol. The lowest BCUT2D eigenvalue weighted by Crippen LogP contribution is -2.58. The number of benzene rings is 1. The third-order valence-electron chi connectivity index (χ3n) is 6.23. The van der Waals surface area contributed by atoms with E-state index >= 15 is 0 Å². The summed E-state index contributed by atoms with van der Waals surface area (Å²) in [5, 5.41) is 2.34. The van der Waals surface area contributed by atoms with Crippen molar-refractivity contribution in [3.63, 3.8) is 0 Å². The zero-order valence-corrected chi connectivity index (χ0v) is 17.9. The Kier molecular flexibility index (Phi) is 6.44. The van der Waals surface area contributed by atoms with Crippen LogP contribution in [0.3, 0.4) is 0 Å². The summed E-state index contributed by atoms with van der Waals surface area (Å²) < 4.78 is 53.8. The molecule has 4 atom stereocenters. The number of hydrogen-bond donors (Lipinski definition) is 2. The number of piperidine rings is 1. The average Bonchev–Trinajstić information content (AvgIpc) is 3.01. The number of carbonyl (C=O) groups is 2. The first-order chi connectivity index (χ1) is 14.3. The summed E-state index contributed by atoms with van der Waals surface area (Å²) in [5.74, 6) is -1.44. The number of nitrogens with zero attached hydrogens (tertiary/aromatic N) is 2. The number of nitrogens with two attached hydrogens (primary N) is 1. The summed E-state index contributed by atoms with van der Waals surface area (Å²) in [6, 6.07) is 2.27. The zero-order valence-electron chi connectivity index (χ0n) is 17.2. The molecule has 0 saturated carbocycles. The van der Waals surface area contributed by atoms with Gasteiger partial charge < -0.3 is 16.0 Å². The number of hydrogen-bond acceptors (Lipinski definition) is 3. The fourth-order valence-electron chi connectivity index (χ4n) is 4.86. The Hall–Kier alpha value is -2.07. The lowest BCUT2D eigenvalue weighted by Gasteiger charge is -2.52. The second kappa shape index (κ2) is 8.46. The lowest BCUT2D eigenvalue weighted by molar-refractivity contribution is -0.175. The van der Waals surface area contributed by atoms with Crippen LogP contribution in [0.2, 0.25) is 5.02 Å². The molecule has 31 heavy (non-hydrogen) atoms. The molecule has 3 N–H and O–H groups in total. The van der Waals surface area contributed by atoms with Crippen LogP contribution in [0.5, 0.6) is 0 Å². The first-order valence-electron chi connectivity index (χ1n) is 9.94. The van der Waals surface area contributed by atoms with E-state index in [4.69, 9.17) is 17.3 Å². The number of urea groups is 1. The Morgan fingerprint density at radius 3 is 2.61 bits per heavy atom. The van der Waals surface area contributed by atoms with Crippen LogP contribution in [0.1, 0.15) is 32.3 Å². The van der Waals surface area contributed by atoms with Gasteiger partial charge >= 0.3 is 12.2 Å². The van der Waals surface area contributed by atoms with Crippen molar-refractivity contribution in [3.8, 4) is 0 Å². The summed E-state index contributed by atoms with van der Waals surface area (Å²) in [4.78, 5) is 26.4. The van der Waals surface area contributed by atoms with Crippen molar-refractivity contribution in [2.24, 2.45) is 11.7 Å². The van der Waals surface area contributed by atoms with Crippen molar-refractivity contribution < 1.29 is 27.2 Å². The SMILES string of the molecule is C[C@H]1C[C@H](CN2CC(C(N)=O)NC2=O)C[C@@](C)(c2ccc(F)c(Cl)c2)N1CC(F)(F)F. The normalized spacial score (nSPS) is 29.8. The predicted octanol–water partition coefficient (Wildman–Crippen LogP) is 3.24. The highest BCUT2D eigenvalue weighted by molar-refractivity contribution is 6.30. The number of primary amides is 1. The molecule has 1 aromatic rings. The molecule has 0 spiro atoms. The van der Waals surface area contributed by atoms with Gasteiger partial charge in [-0.2, -0.15) is 13.2 Å². The van der Waals surface area contributed by atoms with Crippen LogP contribution < -0.4 is 11.1 Å². The Morgan fingerprint density at radius 1 is 1.39 bits per heavy atom. The van der Waals surface area contributed by atoms with Crippen molar-refractivity contribution in [1.82, 2.24) is 15.1 Å². The molecule has 1 unspecified atom stereocenters. The molecule has 2 fully saturated rings. The van der Waals surface area contributed by atoms with Crippen LogP contribution in [0.4, 0.5) is 22.4 Å². The minimum Gasteiger partial charge on any atom is -0.368 e. The molecule has 0 radical (unpaired) electrons. The largest absolute Gasteiger partial charge is 0.401 e. The number of likely N-dealkylation sites (tertiary alicyclic amines) is 1. The number of alkyl halides is 3. The molecule has 11 heteroatoms. The lowest BCUT2D eigenvalue weighted by atomic mass is 9.74. The molecule has 0 aromatic heterocycles. The molecular formula is C20H25ClF4N4O2. The number of carbonyl (C=O) groups excluding carboxylic acids is 2. The fourth-order valence-corrected chi connectivity index (χ4v) is 5.04. The molecule has 2 aliphatic heterocycles. The van der Waals surface area contributed by atoms with Gasteiger partial charge in [-0.15, -0.1) is 0 Å². The van der Waals surface area contributed by atoms with Gasteiger partial charge in [-0.1, -0.05) is 17.7 Å². The van der Waals surface area contributed by atoms with E-state index in [-0.39, 0.29) is 24.0 Å². The predicted molar refractivity (Wildman–Crippen MR) is 107 cm³/mol. The summed E-state index contributed by atoms with van der Waals surface area (Å²) >= 11 is 5.93. The number of halogens is 5. The second-order valence-corrected chi connectivity index (χ2v) is 9.02. The number of nitrogens with one attached hydrogen (secondary N) is 1. The van der Waals surface area contributed by atoms with Gasteiger partial charge in [-0.25, -0.2) is 9.18 Å². The van der Waals surface area contributed by atoms with Gasteiger partial charge in [-0.05, 0) is 50.3 Å². The molecule has 2 saturated heterocycles. The fraction of sp³-hybridized carbons (Fsp3) is 0.600. The van der Waals surface area contributed by atoms with Gasteiger partial charge in [0, 0.05) is 18.1 Å². The quantitative estimate of drug-likeness (QED) is 0.657. The van der Waals surface area contributed by atoms with Crippen molar-refractivity contribution in [1.29, 1.82) is 0 Å². The average molecular weight is 465 g/mol. The van der Waals surface area contributed by atoms with Crippen LogP contribution in [0.25, 0.3) is 0 Å². The molecular weight excluding hydrogens is 440 g/mol. The highest BCUT2D eigenvalue weighted by atomic mass is 35.5. The Morgan fingerprint density at radius 2 is 2.06 bits per heavy atom. The van der Waals surface area contributed by atoms with Crippen molar-refractivity contribution in [2.45, 2.75) is 50.5 Å². The summed E-state index contributed by atoms with van der Waals surface area (Å²) in [7, 11) is 0. The second-order valence-electron chi connectivity index (χ2n) is 8.61. The van der Waals surface area contributed by atoms with Crippen molar-refractivity contribution >= 4 is 23.5 Å². The molecule has 1 aromatic carbocycles. The highest BCUT2D eigenvalue weighted by Crippen LogP contribution is 2.45. The summed E-state index contributed by atoms with van der Waals surface area (Å²) in [6.45, 7) is 2.65. The van der Waals surface area contributed by atoms with Gasteiger partial charge in [0.05, 0.1) is 18.1 Å². The summed E-state index contributed by atoms with van der Waals surface area (Å²) in [6.07, 6.45) is -3.71. The van der Waals surface area contributed by atoms with E-state index in [0.29, 0.717) is 18.4 Å². The van der Waals surface area contributed by atoms with Gasteiger partial charge in [0.2, 0.25) is 5.91 Å². The van der Waals surface area contributed by atoms with E-state index in [1.807, 2.05) is 0 Å². The molecule has 0 bridgehead atoms. The third-order valence-corrected chi connectivity index (χ3v) is 6.52. The highest BCUT2D eigenvalue weighted by Gasteiger charge is 2.48. The van der Waals surface area contributed by atoms with Gasteiger partial charge in [-0.3, -0.25) is 9.69 Å². The standard InChI is InChI=1S/C20H25ClF4N4O2/c1-11-5-12(8-28-9-16(17(26)30)27-18(28)31)7-19(2,29(11)10-20(23,24)25)13-3-4-15(22)14(21)6-13/h3-4,6,11-12,16H,5,7-10H2,1-2H3,(H2,26,30)(H,27,31)/t11-,12-,16?,19-/m0/s1. The van der Waals surface area contributed by atoms with Crippen LogP contribution in [0, 0.1) is 11.7 Å². The van der Waals surface area contributed by atoms with E-state index in [0.717, 1.165) is 6.07 Å². The maximum atomic E-state index is 13.7. The van der Waals surface area contributed by atoms with E-state index in [2.05, 4.69) is 5.32 Å². The number of rotatable bonds is 5. The van der Waals surface area contributed by atoms with Gasteiger partial charge in [0.25, 0.3) is 0 Å². The maximum absolute atomic E-state index is 13.7. The topological polar surface area (TPSA) is 78.7 Å². The van der Waals surface area contributed by atoms with Crippen LogP contribution in [-0.2, 0) is 10.3 Å². The molecule has 0 aliphatic carbocycles. The summed E-state index contributed by atoms with van der Waals surface area (Å²) in [5.41, 5.74) is 4.65.